The largest absolute Gasteiger partial charge is 0.313 e. The Morgan fingerprint density at radius 1 is 1.05 bits per heavy atom. The van der Waals surface area contributed by atoms with Gasteiger partial charge in [0.1, 0.15) is 0 Å². The van der Waals surface area contributed by atoms with Crippen LogP contribution in [0.4, 0.5) is 0 Å². The Morgan fingerprint density at radius 2 is 1.90 bits per heavy atom. The van der Waals surface area contributed by atoms with E-state index in [2.05, 4.69) is 36.5 Å². The van der Waals surface area contributed by atoms with Gasteiger partial charge in [-0.25, -0.2) is 0 Å². The highest BCUT2D eigenvalue weighted by Gasteiger charge is 2.53. The molecule has 0 aliphatic heterocycles. The van der Waals surface area contributed by atoms with Gasteiger partial charge in [0.05, 0.1) is 0 Å². The SMILES string of the molecule is Cc1ccccc1CCNC1CC2CC1C1CCCC21. The lowest BCUT2D eigenvalue weighted by Gasteiger charge is -2.32. The zero-order valence-electron chi connectivity index (χ0n) is 12.6. The Labute approximate surface area is 123 Å². The summed E-state index contributed by atoms with van der Waals surface area (Å²) in [6.45, 7) is 3.39. The number of benzene rings is 1. The predicted octanol–water partition coefficient (Wildman–Crippen LogP) is 3.95. The summed E-state index contributed by atoms with van der Waals surface area (Å²) in [6, 6.07) is 9.66. The van der Waals surface area contributed by atoms with Gasteiger partial charge in [0.25, 0.3) is 0 Å². The maximum Gasteiger partial charge on any atom is 0.0101 e. The molecule has 1 nitrogen and oxygen atoms in total. The lowest BCUT2D eigenvalue weighted by molar-refractivity contribution is 0.209. The van der Waals surface area contributed by atoms with E-state index in [1.807, 2.05) is 0 Å². The van der Waals surface area contributed by atoms with Gasteiger partial charge in [-0.2, -0.15) is 0 Å². The third-order valence-electron chi connectivity index (χ3n) is 6.49. The van der Waals surface area contributed by atoms with Gasteiger partial charge in [-0.3, -0.25) is 0 Å². The van der Waals surface area contributed by atoms with Crippen LogP contribution in [-0.2, 0) is 6.42 Å². The van der Waals surface area contributed by atoms with Crippen molar-refractivity contribution >= 4 is 0 Å². The molecule has 4 rings (SSSR count). The van der Waals surface area contributed by atoms with Crippen molar-refractivity contribution in [3.63, 3.8) is 0 Å². The molecule has 2 bridgehead atoms. The number of fused-ring (bicyclic) bond motifs is 5. The minimum Gasteiger partial charge on any atom is -0.313 e. The highest BCUT2D eigenvalue weighted by atomic mass is 14.9. The number of aryl methyl sites for hydroxylation is 1. The van der Waals surface area contributed by atoms with Crippen molar-refractivity contribution in [2.75, 3.05) is 6.54 Å². The van der Waals surface area contributed by atoms with Crippen LogP contribution >= 0.6 is 0 Å². The molecule has 5 unspecified atom stereocenters. The van der Waals surface area contributed by atoms with Crippen LogP contribution in [-0.4, -0.2) is 12.6 Å². The van der Waals surface area contributed by atoms with Crippen molar-refractivity contribution in [1.29, 1.82) is 0 Å². The van der Waals surface area contributed by atoms with Gasteiger partial charge in [-0.05, 0) is 80.4 Å². The summed E-state index contributed by atoms with van der Waals surface area (Å²) in [7, 11) is 0. The second-order valence-electron chi connectivity index (χ2n) is 7.39. The van der Waals surface area contributed by atoms with Gasteiger partial charge in [-0.1, -0.05) is 30.7 Å². The van der Waals surface area contributed by atoms with E-state index in [1.54, 1.807) is 6.42 Å². The molecular formula is C19H27N. The molecule has 108 valence electrons. The highest BCUT2D eigenvalue weighted by molar-refractivity contribution is 5.25. The molecule has 1 N–H and O–H groups in total. The van der Waals surface area contributed by atoms with Crippen LogP contribution in [0.25, 0.3) is 0 Å². The van der Waals surface area contributed by atoms with Crippen molar-refractivity contribution in [2.24, 2.45) is 23.7 Å². The Bertz CT molecular complexity index is 480. The zero-order valence-corrected chi connectivity index (χ0v) is 12.6. The zero-order chi connectivity index (χ0) is 13.5. The standard InChI is InChI=1S/C19H27N/c1-13-5-2-3-6-14(13)9-10-20-19-12-15-11-18(19)17-8-4-7-16(15)17/h2-3,5-6,15-20H,4,7-12H2,1H3. The van der Waals surface area contributed by atoms with Crippen LogP contribution < -0.4 is 5.32 Å². The lowest BCUT2D eigenvalue weighted by atomic mass is 9.79. The van der Waals surface area contributed by atoms with Gasteiger partial charge < -0.3 is 5.32 Å². The molecule has 0 heterocycles. The van der Waals surface area contributed by atoms with Gasteiger partial charge >= 0.3 is 0 Å². The predicted molar refractivity (Wildman–Crippen MR) is 83.7 cm³/mol. The van der Waals surface area contributed by atoms with E-state index in [1.165, 1.54) is 43.2 Å². The van der Waals surface area contributed by atoms with Crippen molar-refractivity contribution in [3.05, 3.63) is 35.4 Å². The monoisotopic (exact) mass is 269 g/mol. The Hall–Kier alpha value is -0.820. The van der Waals surface area contributed by atoms with Crippen LogP contribution in [0.5, 0.6) is 0 Å². The van der Waals surface area contributed by atoms with Gasteiger partial charge in [-0.15, -0.1) is 0 Å². The van der Waals surface area contributed by atoms with E-state index in [4.69, 9.17) is 0 Å². The van der Waals surface area contributed by atoms with E-state index >= 15 is 0 Å². The lowest BCUT2D eigenvalue weighted by Crippen LogP contribution is -2.40. The molecule has 0 amide bonds. The third-order valence-corrected chi connectivity index (χ3v) is 6.49. The minimum atomic E-state index is 0.836. The maximum absolute atomic E-state index is 3.90. The molecule has 0 aromatic heterocycles. The highest BCUT2D eigenvalue weighted by Crippen LogP contribution is 2.58. The molecular weight excluding hydrogens is 242 g/mol. The molecule has 0 spiro atoms. The fourth-order valence-corrected chi connectivity index (χ4v) is 5.59. The summed E-state index contributed by atoms with van der Waals surface area (Å²) in [5.41, 5.74) is 2.96. The first-order valence-corrected chi connectivity index (χ1v) is 8.61. The topological polar surface area (TPSA) is 12.0 Å². The second-order valence-corrected chi connectivity index (χ2v) is 7.39. The average Bonchev–Trinajstić information content (AvgIpc) is 3.12. The summed E-state index contributed by atoms with van der Waals surface area (Å²) in [5, 5.41) is 3.90. The molecule has 1 heteroatoms. The van der Waals surface area contributed by atoms with E-state index in [0.29, 0.717) is 0 Å². The second kappa shape index (κ2) is 5.18. The maximum atomic E-state index is 3.90. The first-order valence-electron chi connectivity index (χ1n) is 8.61. The van der Waals surface area contributed by atoms with Gasteiger partial charge in [0.2, 0.25) is 0 Å². The molecule has 3 saturated carbocycles. The Kier molecular flexibility index (Phi) is 3.34. The van der Waals surface area contributed by atoms with Crippen LogP contribution in [0.15, 0.2) is 24.3 Å². The van der Waals surface area contributed by atoms with E-state index in [9.17, 15) is 0 Å². The fourth-order valence-electron chi connectivity index (χ4n) is 5.59. The van der Waals surface area contributed by atoms with Crippen molar-refractivity contribution in [3.8, 4) is 0 Å². The minimum absolute atomic E-state index is 0.836. The molecule has 3 aliphatic rings. The van der Waals surface area contributed by atoms with Crippen molar-refractivity contribution in [1.82, 2.24) is 5.32 Å². The molecule has 3 aliphatic carbocycles. The van der Waals surface area contributed by atoms with E-state index in [-0.39, 0.29) is 0 Å². The van der Waals surface area contributed by atoms with Crippen LogP contribution in [0.2, 0.25) is 0 Å². The van der Waals surface area contributed by atoms with Gasteiger partial charge in [0.15, 0.2) is 0 Å². The summed E-state index contributed by atoms with van der Waals surface area (Å²) in [5.74, 6) is 4.30. The Morgan fingerprint density at radius 3 is 2.80 bits per heavy atom. The van der Waals surface area contributed by atoms with Crippen LogP contribution in [0.3, 0.4) is 0 Å². The summed E-state index contributed by atoms with van der Waals surface area (Å²) in [4.78, 5) is 0. The normalized spacial score (nSPS) is 38.4. The molecule has 1 aromatic carbocycles. The summed E-state index contributed by atoms with van der Waals surface area (Å²) >= 11 is 0. The number of nitrogens with one attached hydrogen (secondary N) is 1. The van der Waals surface area contributed by atoms with Crippen LogP contribution in [0, 0.1) is 30.6 Å². The molecule has 5 atom stereocenters. The van der Waals surface area contributed by atoms with E-state index < -0.39 is 0 Å². The quantitative estimate of drug-likeness (QED) is 0.872. The van der Waals surface area contributed by atoms with E-state index in [0.717, 1.165) is 36.3 Å². The first-order chi connectivity index (χ1) is 9.83. The molecule has 20 heavy (non-hydrogen) atoms. The van der Waals surface area contributed by atoms with Gasteiger partial charge in [0, 0.05) is 6.04 Å². The number of hydrogen-bond donors (Lipinski definition) is 1. The Balaban J connectivity index is 1.32. The molecule has 1 aromatic rings. The number of hydrogen-bond acceptors (Lipinski definition) is 1. The molecule has 0 radical (unpaired) electrons. The molecule has 3 fully saturated rings. The van der Waals surface area contributed by atoms with Crippen molar-refractivity contribution in [2.45, 2.75) is 51.5 Å². The van der Waals surface area contributed by atoms with Crippen molar-refractivity contribution < 1.29 is 0 Å². The average molecular weight is 269 g/mol. The van der Waals surface area contributed by atoms with Crippen LogP contribution in [0.1, 0.15) is 43.2 Å². The number of rotatable bonds is 4. The smallest absolute Gasteiger partial charge is 0.0101 e. The molecule has 0 saturated heterocycles. The third kappa shape index (κ3) is 2.11. The summed E-state index contributed by atoms with van der Waals surface area (Å²) in [6.07, 6.45) is 8.79. The summed E-state index contributed by atoms with van der Waals surface area (Å²) < 4.78 is 0. The fraction of sp³-hybridized carbons (Fsp3) is 0.684. The first kappa shape index (κ1) is 12.9.